The first-order chi connectivity index (χ1) is 15.0. The molecule has 0 aliphatic heterocycles. The Morgan fingerprint density at radius 2 is 1.62 bits per heavy atom. The highest BCUT2D eigenvalue weighted by atomic mass is 35.5. The van der Waals surface area contributed by atoms with Gasteiger partial charge in [-0.05, 0) is 46.7 Å². The number of hydrogen-bond donors (Lipinski definition) is 0. The summed E-state index contributed by atoms with van der Waals surface area (Å²) in [6.07, 6.45) is 1.82. The number of benzene rings is 2. The molecule has 0 aliphatic rings. The molecule has 0 saturated heterocycles. The molecule has 1 aromatic heterocycles. The zero-order valence-corrected chi connectivity index (χ0v) is 20.4. The molecule has 1 amide bonds. The van der Waals surface area contributed by atoms with Gasteiger partial charge in [-0.25, -0.2) is 9.37 Å². The third kappa shape index (κ3) is 6.22. The SMILES string of the molecule is CC(C)(C)c1ccc(CN(CCc2ccc(Cl)c(F)c2)C(=O)c2cc(Cl)ncc2Cl)cc1. The van der Waals surface area contributed by atoms with Crippen LogP contribution in [-0.4, -0.2) is 22.3 Å². The fraction of sp³-hybridized carbons (Fsp3) is 0.280. The van der Waals surface area contributed by atoms with E-state index in [0.29, 0.717) is 19.5 Å². The van der Waals surface area contributed by atoms with Crippen molar-refractivity contribution in [2.24, 2.45) is 0 Å². The van der Waals surface area contributed by atoms with Gasteiger partial charge < -0.3 is 4.90 Å². The summed E-state index contributed by atoms with van der Waals surface area (Å²) in [6.45, 7) is 7.18. The normalized spacial score (nSPS) is 11.5. The number of pyridine rings is 1. The minimum atomic E-state index is -0.483. The van der Waals surface area contributed by atoms with Crippen LogP contribution in [0.4, 0.5) is 4.39 Å². The minimum absolute atomic E-state index is 0.0357. The van der Waals surface area contributed by atoms with Crippen molar-refractivity contribution < 1.29 is 9.18 Å². The molecule has 0 unspecified atom stereocenters. The van der Waals surface area contributed by atoms with Crippen molar-refractivity contribution in [3.05, 3.63) is 98.0 Å². The summed E-state index contributed by atoms with van der Waals surface area (Å²) in [4.78, 5) is 18.9. The molecule has 0 N–H and O–H groups in total. The lowest BCUT2D eigenvalue weighted by Crippen LogP contribution is -2.33. The van der Waals surface area contributed by atoms with Crippen LogP contribution in [0.25, 0.3) is 0 Å². The van der Waals surface area contributed by atoms with Gasteiger partial charge in [0.05, 0.1) is 15.6 Å². The Morgan fingerprint density at radius 1 is 0.969 bits per heavy atom. The van der Waals surface area contributed by atoms with Crippen molar-refractivity contribution in [2.75, 3.05) is 6.54 Å². The predicted molar refractivity (Wildman–Crippen MR) is 129 cm³/mol. The van der Waals surface area contributed by atoms with Gasteiger partial charge in [-0.1, -0.05) is 85.9 Å². The highest BCUT2D eigenvalue weighted by molar-refractivity contribution is 6.35. The summed E-state index contributed by atoms with van der Waals surface area (Å²) < 4.78 is 13.9. The number of carbonyl (C=O) groups excluding carboxylic acids is 1. The lowest BCUT2D eigenvalue weighted by molar-refractivity contribution is 0.0745. The fourth-order valence-electron chi connectivity index (χ4n) is 3.29. The van der Waals surface area contributed by atoms with Gasteiger partial charge in [0, 0.05) is 19.3 Å². The summed E-state index contributed by atoms with van der Waals surface area (Å²) >= 11 is 18.0. The Labute approximate surface area is 203 Å². The second-order valence-corrected chi connectivity index (χ2v) is 9.86. The van der Waals surface area contributed by atoms with Crippen LogP contribution in [0.15, 0.2) is 54.7 Å². The molecular weight excluding hydrogens is 470 g/mol. The van der Waals surface area contributed by atoms with Crippen molar-refractivity contribution in [3.8, 4) is 0 Å². The molecule has 3 aromatic rings. The van der Waals surface area contributed by atoms with Crippen LogP contribution in [0.1, 0.15) is 47.8 Å². The van der Waals surface area contributed by atoms with E-state index < -0.39 is 5.82 Å². The lowest BCUT2D eigenvalue weighted by atomic mass is 9.87. The summed E-state index contributed by atoms with van der Waals surface area (Å²) in [7, 11) is 0. The van der Waals surface area contributed by atoms with Gasteiger partial charge in [0.1, 0.15) is 11.0 Å². The zero-order valence-electron chi connectivity index (χ0n) is 18.1. The smallest absolute Gasteiger partial charge is 0.255 e. The molecule has 7 heteroatoms. The molecule has 0 spiro atoms. The quantitative estimate of drug-likeness (QED) is 0.336. The molecule has 0 saturated carbocycles. The van der Waals surface area contributed by atoms with Crippen molar-refractivity contribution in [1.82, 2.24) is 9.88 Å². The Morgan fingerprint density at radius 3 is 2.25 bits per heavy atom. The first-order valence-corrected chi connectivity index (χ1v) is 11.3. The second kappa shape index (κ2) is 10.2. The van der Waals surface area contributed by atoms with Crippen molar-refractivity contribution in [3.63, 3.8) is 0 Å². The number of nitrogens with zero attached hydrogens (tertiary/aromatic N) is 2. The standard InChI is InChI=1S/C25H24Cl3FN2O/c1-25(2,3)18-7-4-17(5-8-18)15-31(11-10-16-6-9-20(26)22(29)12-16)24(32)19-13-23(28)30-14-21(19)27/h4-9,12-14H,10-11,15H2,1-3H3. The van der Waals surface area contributed by atoms with Crippen LogP contribution < -0.4 is 0 Å². The Balaban J connectivity index is 1.86. The first kappa shape index (κ1) is 24.5. The number of halogens is 4. The van der Waals surface area contributed by atoms with Gasteiger partial charge in [-0.3, -0.25) is 4.79 Å². The van der Waals surface area contributed by atoms with E-state index in [2.05, 4.69) is 37.9 Å². The third-order valence-corrected chi connectivity index (χ3v) is 6.00. The highest BCUT2D eigenvalue weighted by Crippen LogP contribution is 2.24. The maximum Gasteiger partial charge on any atom is 0.255 e. The summed E-state index contributed by atoms with van der Waals surface area (Å²) in [5, 5.41) is 0.482. The Kier molecular flexibility index (Phi) is 7.81. The maximum atomic E-state index is 13.9. The van der Waals surface area contributed by atoms with E-state index in [1.165, 1.54) is 30.0 Å². The number of amides is 1. The molecule has 2 aromatic carbocycles. The summed E-state index contributed by atoms with van der Waals surface area (Å²) in [5.74, 6) is -0.752. The first-order valence-electron chi connectivity index (χ1n) is 10.2. The summed E-state index contributed by atoms with van der Waals surface area (Å²) in [6, 6.07) is 14.3. The van der Waals surface area contributed by atoms with Crippen LogP contribution in [-0.2, 0) is 18.4 Å². The molecule has 3 rings (SSSR count). The van der Waals surface area contributed by atoms with Crippen molar-refractivity contribution in [2.45, 2.75) is 39.2 Å². The van der Waals surface area contributed by atoms with E-state index in [1.54, 1.807) is 11.0 Å². The summed E-state index contributed by atoms with van der Waals surface area (Å²) in [5.41, 5.74) is 3.24. The van der Waals surface area contributed by atoms with Crippen LogP contribution in [0.2, 0.25) is 15.2 Å². The van der Waals surface area contributed by atoms with Crippen molar-refractivity contribution >= 4 is 40.7 Å². The van der Waals surface area contributed by atoms with E-state index in [4.69, 9.17) is 34.8 Å². The van der Waals surface area contributed by atoms with Gasteiger partial charge in [0.15, 0.2) is 0 Å². The van der Waals surface area contributed by atoms with Gasteiger partial charge >= 0.3 is 0 Å². The minimum Gasteiger partial charge on any atom is -0.334 e. The Bertz CT molecular complexity index is 1110. The van der Waals surface area contributed by atoms with Gasteiger partial charge in [0.25, 0.3) is 5.91 Å². The van der Waals surface area contributed by atoms with Crippen LogP contribution in [0, 0.1) is 5.82 Å². The molecule has 0 atom stereocenters. The monoisotopic (exact) mass is 492 g/mol. The van der Waals surface area contributed by atoms with Crippen molar-refractivity contribution in [1.29, 1.82) is 0 Å². The average molecular weight is 494 g/mol. The molecule has 0 fully saturated rings. The fourth-order valence-corrected chi connectivity index (χ4v) is 3.75. The van der Waals surface area contributed by atoms with Crippen LogP contribution in [0.3, 0.4) is 0 Å². The van der Waals surface area contributed by atoms with Crippen LogP contribution in [0.5, 0.6) is 0 Å². The Hall–Kier alpha value is -2.14. The molecule has 0 radical (unpaired) electrons. The largest absolute Gasteiger partial charge is 0.334 e. The van der Waals surface area contributed by atoms with E-state index in [1.807, 2.05) is 12.1 Å². The second-order valence-electron chi connectivity index (χ2n) is 8.66. The lowest BCUT2D eigenvalue weighted by Gasteiger charge is -2.25. The predicted octanol–water partition coefficient (Wildman–Crippen LogP) is 7.36. The third-order valence-electron chi connectivity index (χ3n) is 5.19. The van der Waals surface area contributed by atoms with E-state index in [0.717, 1.165) is 11.1 Å². The number of carbonyl (C=O) groups is 1. The number of aromatic nitrogens is 1. The van der Waals surface area contributed by atoms with Gasteiger partial charge in [0.2, 0.25) is 0 Å². The molecule has 1 heterocycles. The molecular formula is C25H24Cl3FN2O. The van der Waals surface area contributed by atoms with E-state index in [9.17, 15) is 9.18 Å². The average Bonchev–Trinajstić information content (AvgIpc) is 2.74. The number of rotatable bonds is 6. The highest BCUT2D eigenvalue weighted by Gasteiger charge is 2.21. The molecule has 0 aliphatic carbocycles. The van der Waals surface area contributed by atoms with Gasteiger partial charge in [-0.15, -0.1) is 0 Å². The molecule has 32 heavy (non-hydrogen) atoms. The topological polar surface area (TPSA) is 33.2 Å². The number of hydrogen-bond acceptors (Lipinski definition) is 2. The zero-order chi connectivity index (χ0) is 23.5. The van der Waals surface area contributed by atoms with E-state index in [-0.39, 0.29) is 32.1 Å². The van der Waals surface area contributed by atoms with E-state index >= 15 is 0 Å². The molecule has 3 nitrogen and oxygen atoms in total. The molecule has 0 bridgehead atoms. The maximum absolute atomic E-state index is 13.9. The van der Waals surface area contributed by atoms with Gasteiger partial charge in [-0.2, -0.15) is 0 Å². The van der Waals surface area contributed by atoms with Crippen LogP contribution >= 0.6 is 34.8 Å². The molecule has 168 valence electrons.